The number of hydrogen-bond donors (Lipinski definition) is 0. The molecule has 1 aromatic carbocycles. The summed E-state index contributed by atoms with van der Waals surface area (Å²) in [5.41, 5.74) is -1.64. The van der Waals surface area contributed by atoms with Crippen LogP contribution in [-0.4, -0.2) is 9.78 Å². The van der Waals surface area contributed by atoms with Crippen molar-refractivity contribution >= 4 is 23.2 Å². The first kappa shape index (κ1) is 14.9. The van der Waals surface area contributed by atoms with Gasteiger partial charge in [-0.05, 0) is 11.6 Å². The van der Waals surface area contributed by atoms with Gasteiger partial charge in [0.2, 0.25) is 0 Å². The minimum absolute atomic E-state index is 0.0444. The molecule has 0 aliphatic heterocycles. The Kier molecular flexibility index (Phi) is 4.06. The fraction of sp³-hybridized carbons (Fsp3) is 0.167. The van der Waals surface area contributed by atoms with Crippen molar-refractivity contribution in [3.05, 3.63) is 62.0 Å². The first-order chi connectivity index (χ1) is 9.30. The maximum Gasteiger partial charge on any atom is 0.416 e. The van der Waals surface area contributed by atoms with Crippen LogP contribution in [0.25, 0.3) is 0 Å². The van der Waals surface area contributed by atoms with Gasteiger partial charge in [-0.3, -0.25) is 4.79 Å². The normalized spacial score (nSPS) is 11.7. The maximum absolute atomic E-state index is 12.8. The van der Waals surface area contributed by atoms with E-state index in [0.29, 0.717) is 0 Å². The second-order valence-electron chi connectivity index (χ2n) is 3.92. The molecule has 0 fully saturated rings. The van der Waals surface area contributed by atoms with Gasteiger partial charge < -0.3 is 0 Å². The molecule has 2 aromatic rings. The molecular weight excluding hydrogens is 316 g/mol. The summed E-state index contributed by atoms with van der Waals surface area (Å²) in [4.78, 5) is 11.8. The van der Waals surface area contributed by atoms with Crippen molar-refractivity contribution in [3.8, 4) is 0 Å². The zero-order valence-electron chi connectivity index (χ0n) is 9.79. The second-order valence-corrected chi connectivity index (χ2v) is 4.71. The second kappa shape index (κ2) is 5.46. The van der Waals surface area contributed by atoms with Gasteiger partial charge in [-0.25, -0.2) is 4.68 Å². The fourth-order valence-corrected chi connectivity index (χ4v) is 1.92. The molecule has 0 radical (unpaired) electrons. The Morgan fingerprint density at radius 3 is 2.50 bits per heavy atom. The van der Waals surface area contributed by atoms with Crippen molar-refractivity contribution in [1.29, 1.82) is 0 Å². The van der Waals surface area contributed by atoms with Gasteiger partial charge in [-0.1, -0.05) is 41.4 Å². The van der Waals surface area contributed by atoms with Gasteiger partial charge >= 0.3 is 6.18 Å². The van der Waals surface area contributed by atoms with Crippen LogP contribution in [0.5, 0.6) is 0 Å². The lowest BCUT2D eigenvalue weighted by Crippen LogP contribution is -2.25. The molecule has 0 aliphatic carbocycles. The van der Waals surface area contributed by atoms with Crippen molar-refractivity contribution in [2.75, 3.05) is 0 Å². The van der Waals surface area contributed by atoms with E-state index in [-0.39, 0.29) is 22.2 Å². The van der Waals surface area contributed by atoms with Crippen molar-refractivity contribution in [1.82, 2.24) is 9.78 Å². The Bertz CT molecular complexity index is 698. The number of alkyl halides is 3. The van der Waals surface area contributed by atoms with E-state index in [9.17, 15) is 18.0 Å². The third kappa shape index (κ3) is 2.96. The van der Waals surface area contributed by atoms with Crippen molar-refractivity contribution in [3.63, 3.8) is 0 Å². The lowest BCUT2D eigenvalue weighted by Gasteiger charge is -2.13. The molecule has 0 atom stereocenters. The molecule has 0 N–H and O–H groups in total. The number of nitrogens with zero attached hydrogens (tertiary/aromatic N) is 2. The number of rotatable bonds is 2. The summed E-state index contributed by atoms with van der Waals surface area (Å²) >= 11 is 11.3. The number of aromatic nitrogens is 2. The van der Waals surface area contributed by atoms with Gasteiger partial charge in [0.05, 0.1) is 23.3 Å². The van der Waals surface area contributed by atoms with E-state index in [4.69, 9.17) is 23.2 Å². The molecule has 0 bridgehead atoms. The largest absolute Gasteiger partial charge is 0.416 e. The van der Waals surface area contributed by atoms with Crippen LogP contribution in [0.15, 0.2) is 35.3 Å². The van der Waals surface area contributed by atoms with E-state index in [0.717, 1.165) is 16.9 Å². The highest BCUT2D eigenvalue weighted by Gasteiger charge is 2.33. The topological polar surface area (TPSA) is 34.9 Å². The van der Waals surface area contributed by atoms with E-state index in [1.165, 1.54) is 18.2 Å². The average molecular weight is 323 g/mol. The number of hydrogen-bond acceptors (Lipinski definition) is 2. The summed E-state index contributed by atoms with van der Waals surface area (Å²) in [6.45, 7) is -0.342. The Balaban J connectivity index is 2.47. The lowest BCUT2D eigenvalue weighted by atomic mass is 10.1. The first-order valence-electron chi connectivity index (χ1n) is 5.37. The van der Waals surface area contributed by atoms with Crippen LogP contribution >= 0.6 is 23.2 Å². The molecule has 0 spiro atoms. The van der Waals surface area contributed by atoms with Crippen LogP contribution in [-0.2, 0) is 12.7 Å². The Morgan fingerprint density at radius 1 is 1.20 bits per heavy atom. The molecule has 0 saturated heterocycles. The maximum atomic E-state index is 12.8. The molecule has 0 unspecified atom stereocenters. The van der Waals surface area contributed by atoms with Gasteiger partial charge in [0, 0.05) is 0 Å². The Hall–Kier alpha value is -1.53. The minimum atomic E-state index is -4.50. The predicted molar refractivity (Wildman–Crippen MR) is 69.1 cm³/mol. The molecule has 1 aromatic heterocycles. The average Bonchev–Trinajstić information content (AvgIpc) is 2.39. The highest BCUT2D eigenvalue weighted by atomic mass is 35.5. The summed E-state index contributed by atoms with van der Waals surface area (Å²) in [5.74, 6) is 0. The first-order valence-corrected chi connectivity index (χ1v) is 6.12. The van der Waals surface area contributed by atoms with Crippen LogP contribution in [0.4, 0.5) is 13.2 Å². The lowest BCUT2D eigenvalue weighted by molar-refractivity contribution is -0.138. The molecule has 2 rings (SSSR count). The Morgan fingerprint density at radius 2 is 1.85 bits per heavy atom. The van der Waals surface area contributed by atoms with E-state index >= 15 is 0 Å². The number of halogens is 5. The zero-order chi connectivity index (χ0) is 14.9. The van der Waals surface area contributed by atoms with E-state index in [2.05, 4.69) is 5.10 Å². The predicted octanol–water partition coefficient (Wildman–Crippen LogP) is 3.62. The summed E-state index contributed by atoms with van der Waals surface area (Å²) in [5, 5.41) is 3.36. The van der Waals surface area contributed by atoms with Gasteiger partial charge in [-0.15, -0.1) is 0 Å². The summed E-state index contributed by atoms with van der Waals surface area (Å²) in [7, 11) is 0. The van der Waals surface area contributed by atoms with Crippen LogP contribution in [0.3, 0.4) is 0 Å². The molecule has 0 amide bonds. The number of benzene rings is 1. The monoisotopic (exact) mass is 322 g/mol. The van der Waals surface area contributed by atoms with Crippen LogP contribution < -0.4 is 5.56 Å². The third-order valence-electron chi connectivity index (χ3n) is 2.59. The van der Waals surface area contributed by atoms with E-state index < -0.39 is 17.3 Å². The molecule has 3 nitrogen and oxygen atoms in total. The van der Waals surface area contributed by atoms with Gasteiger partial charge in [0.25, 0.3) is 5.56 Å². The summed E-state index contributed by atoms with van der Waals surface area (Å²) in [6.07, 6.45) is -3.39. The molecule has 0 saturated carbocycles. The molecule has 1 heterocycles. The summed E-state index contributed by atoms with van der Waals surface area (Å²) in [6, 6.07) is 4.95. The van der Waals surface area contributed by atoms with Gasteiger partial charge in [0.15, 0.2) is 0 Å². The summed E-state index contributed by atoms with van der Waals surface area (Å²) < 4.78 is 39.4. The quantitative estimate of drug-likeness (QED) is 0.846. The molecular formula is C12H7Cl2F3N2O. The highest BCUT2D eigenvalue weighted by Crippen LogP contribution is 2.32. The van der Waals surface area contributed by atoms with Crippen molar-refractivity contribution in [2.45, 2.75) is 12.7 Å². The van der Waals surface area contributed by atoms with Gasteiger partial charge in [0.1, 0.15) is 5.02 Å². The molecule has 20 heavy (non-hydrogen) atoms. The van der Waals surface area contributed by atoms with Crippen LogP contribution in [0.1, 0.15) is 11.1 Å². The Labute approximate surface area is 121 Å². The smallest absolute Gasteiger partial charge is 0.266 e. The van der Waals surface area contributed by atoms with E-state index in [1.807, 2.05) is 0 Å². The van der Waals surface area contributed by atoms with E-state index in [1.54, 1.807) is 0 Å². The van der Waals surface area contributed by atoms with Crippen molar-refractivity contribution < 1.29 is 13.2 Å². The third-order valence-corrected chi connectivity index (χ3v) is 3.33. The van der Waals surface area contributed by atoms with Crippen LogP contribution in [0.2, 0.25) is 10.0 Å². The minimum Gasteiger partial charge on any atom is -0.266 e. The zero-order valence-corrected chi connectivity index (χ0v) is 11.3. The van der Waals surface area contributed by atoms with Crippen LogP contribution in [0, 0.1) is 0 Å². The van der Waals surface area contributed by atoms with Gasteiger partial charge in [-0.2, -0.15) is 18.3 Å². The van der Waals surface area contributed by atoms with Crippen molar-refractivity contribution in [2.24, 2.45) is 0 Å². The molecule has 106 valence electrons. The standard InChI is InChI=1S/C12H7Cl2F3N2O/c13-9-5-18-19(11(20)10(9)14)6-7-3-1-2-4-8(7)12(15,16)17/h1-5H,6H2. The fourth-order valence-electron chi connectivity index (χ4n) is 1.65. The molecule has 0 aliphatic rings. The highest BCUT2D eigenvalue weighted by molar-refractivity contribution is 6.41. The SMILES string of the molecule is O=c1c(Cl)c(Cl)cnn1Cc1ccccc1C(F)(F)F. The molecule has 8 heteroatoms.